The highest BCUT2D eigenvalue weighted by Crippen LogP contribution is 2.46. The number of methoxy groups -OCH3 is 1. The zero-order valence-corrected chi connectivity index (χ0v) is 12.0. The Morgan fingerprint density at radius 2 is 2.16 bits per heavy atom. The molecule has 1 heterocycles. The predicted octanol–water partition coefficient (Wildman–Crippen LogP) is 3.89. The Bertz CT molecular complexity index is 600. The van der Waals surface area contributed by atoms with Gasteiger partial charge in [-0.05, 0) is 30.9 Å². The average molecular weight is 259 g/mol. The van der Waals surface area contributed by atoms with Crippen molar-refractivity contribution in [1.29, 1.82) is 0 Å². The third-order valence-electron chi connectivity index (χ3n) is 4.14. The smallest absolute Gasteiger partial charge is 0.176 e. The zero-order valence-electron chi connectivity index (χ0n) is 12.0. The topological polar surface area (TPSA) is 34.4 Å². The van der Waals surface area contributed by atoms with Gasteiger partial charge in [-0.2, -0.15) is 0 Å². The summed E-state index contributed by atoms with van der Waals surface area (Å²) in [7, 11) is 1.67. The van der Waals surface area contributed by atoms with Crippen molar-refractivity contribution in [2.24, 2.45) is 5.41 Å². The molecular weight excluding hydrogens is 238 g/mol. The molecule has 2 atom stereocenters. The van der Waals surface area contributed by atoms with Crippen molar-refractivity contribution in [1.82, 2.24) is 5.32 Å². The van der Waals surface area contributed by atoms with Crippen LogP contribution >= 0.6 is 0 Å². The Morgan fingerprint density at radius 3 is 2.79 bits per heavy atom. The molecule has 1 N–H and O–H groups in total. The standard InChI is InChI=1S/C16H21NO2/c1-10(17-14-9-16(14,2)3)13-8-11-6-5-7-12(18-4)15(11)19-13/h5-8,10,14,17H,9H2,1-4H3. The lowest BCUT2D eigenvalue weighted by molar-refractivity contribution is 0.394. The van der Waals surface area contributed by atoms with Crippen molar-refractivity contribution in [3.05, 3.63) is 30.0 Å². The fourth-order valence-electron chi connectivity index (χ4n) is 2.57. The fraction of sp³-hybridized carbons (Fsp3) is 0.500. The monoisotopic (exact) mass is 259 g/mol. The minimum Gasteiger partial charge on any atom is -0.493 e. The molecule has 3 heteroatoms. The molecule has 2 unspecified atom stereocenters. The van der Waals surface area contributed by atoms with Crippen LogP contribution in [-0.4, -0.2) is 13.2 Å². The van der Waals surface area contributed by atoms with E-state index in [1.54, 1.807) is 7.11 Å². The number of rotatable bonds is 4. The van der Waals surface area contributed by atoms with Gasteiger partial charge in [0.25, 0.3) is 0 Å². The van der Waals surface area contributed by atoms with Crippen LogP contribution in [-0.2, 0) is 0 Å². The molecule has 0 aliphatic heterocycles. The highest BCUT2D eigenvalue weighted by atomic mass is 16.5. The van der Waals surface area contributed by atoms with Crippen LogP contribution in [0.3, 0.4) is 0 Å². The number of hydrogen-bond donors (Lipinski definition) is 1. The molecule has 0 bridgehead atoms. The van der Waals surface area contributed by atoms with Gasteiger partial charge >= 0.3 is 0 Å². The van der Waals surface area contributed by atoms with Crippen molar-refractivity contribution >= 4 is 11.0 Å². The molecule has 1 aromatic heterocycles. The number of fused-ring (bicyclic) bond motifs is 1. The minimum absolute atomic E-state index is 0.226. The number of nitrogens with one attached hydrogen (secondary N) is 1. The Balaban J connectivity index is 1.85. The molecule has 1 aliphatic carbocycles. The maximum atomic E-state index is 5.96. The number of hydrogen-bond acceptors (Lipinski definition) is 3. The molecule has 2 aromatic rings. The first kappa shape index (κ1) is 12.5. The van der Waals surface area contributed by atoms with Gasteiger partial charge in [0.2, 0.25) is 0 Å². The summed E-state index contributed by atoms with van der Waals surface area (Å²) >= 11 is 0. The molecular formula is C16H21NO2. The molecule has 19 heavy (non-hydrogen) atoms. The summed E-state index contributed by atoms with van der Waals surface area (Å²) in [6, 6.07) is 8.89. The molecule has 1 fully saturated rings. The number of ether oxygens (including phenoxy) is 1. The van der Waals surface area contributed by atoms with E-state index in [2.05, 4.69) is 38.2 Å². The second-order valence-electron chi connectivity index (χ2n) is 6.16. The van der Waals surface area contributed by atoms with Gasteiger partial charge in [-0.25, -0.2) is 0 Å². The lowest BCUT2D eigenvalue weighted by Gasteiger charge is -2.12. The predicted molar refractivity (Wildman–Crippen MR) is 76.5 cm³/mol. The Hall–Kier alpha value is -1.48. The molecule has 3 nitrogen and oxygen atoms in total. The van der Waals surface area contributed by atoms with Gasteiger partial charge in [0, 0.05) is 11.4 Å². The maximum Gasteiger partial charge on any atom is 0.176 e. The summed E-state index contributed by atoms with van der Waals surface area (Å²) in [5.41, 5.74) is 1.27. The molecule has 3 rings (SSSR count). The Morgan fingerprint density at radius 1 is 1.42 bits per heavy atom. The summed E-state index contributed by atoms with van der Waals surface area (Å²) in [6.07, 6.45) is 1.24. The molecule has 0 radical (unpaired) electrons. The Kier molecular flexibility index (Phi) is 2.82. The van der Waals surface area contributed by atoms with Crippen molar-refractivity contribution in [3.8, 4) is 5.75 Å². The van der Waals surface area contributed by atoms with Gasteiger partial charge in [-0.15, -0.1) is 0 Å². The molecule has 0 saturated heterocycles. The van der Waals surface area contributed by atoms with E-state index in [0.29, 0.717) is 11.5 Å². The van der Waals surface area contributed by atoms with E-state index < -0.39 is 0 Å². The largest absolute Gasteiger partial charge is 0.493 e. The van der Waals surface area contributed by atoms with Gasteiger partial charge in [0.1, 0.15) is 5.76 Å². The van der Waals surface area contributed by atoms with Gasteiger partial charge < -0.3 is 14.5 Å². The SMILES string of the molecule is COc1cccc2cc(C(C)NC3CC3(C)C)oc12. The number of furan rings is 1. The number of para-hydroxylation sites is 1. The quantitative estimate of drug-likeness (QED) is 0.904. The van der Waals surface area contributed by atoms with Gasteiger partial charge in [0.15, 0.2) is 11.3 Å². The van der Waals surface area contributed by atoms with Gasteiger partial charge in [0.05, 0.1) is 13.2 Å². The fourth-order valence-corrected chi connectivity index (χ4v) is 2.57. The van der Waals surface area contributed by atoms with Crippen LogP contribution in [0.1, 0.15) is 39.0 Å². The summed E-state index contributed by atoms with van der Waals surface area (Å²) in [5, 5.41) is 4.72. The third-order valence-corrected chi connectivity index (χ3v) is 4.14. The molecule has 1 aromatic carbocycles. The first-order chi connectivity index (χ1) is 9.01. The van der Waals surface area contributed by atoms with Crippen molar-refractivity contribution in [3.63, 3.8) is 0 Å². The normalized spacial score (nSPS) is 22.4. The van der Waals surface area contributed by atoms with Crippen LogP contribution < -0.4 is 10.1 Å². The van der Waals surface area contributed by atoms with Gasteiger partial charge in [-0.3, -0.25) is 0 Å². The first-order valence-corrected chi connectivity index (χ1v) is 6.84. The summed E-state index contributed by atoms with van der Waals surface area (Å²) in [5.74, 6) is 1.77. The number of benzene rings is 1. The van der Waals surface area contributed by atoms with E-state index >= 15 is 0 Å². The second kappa shape index (κ2) is 4.27. The van der Waals surface area contributed by atoms with Crippen LogP contribution in [0.15, 0.2) is 28.7 Å². The van der Waals surface area contributed by atoms with Crippen LogP contribution in [0, 0.1) is 5.41 Å². The van der Waals surface area contributed by atoms with Gasteiger partial charge in [-0.1, -0.05) is 26.0 Å². The van der Waals surface area contributed by atoms with Crippen LogP contribution in [0.4, 0.5) is 0 Å². The average Bonchev–Trinajstić information content (AvgIpc) is 2.79. The summed E-state index contributed by atoms with van der Waals surface area (Å²) in [6.45, 7) is 6.73. The van der Waals surface area contributed by atoms with E-state index in [-0.39, 0.29) is 6.04 Å². The van der Waals surface area contributed by atoms with Crippen LogP contribution in [0.2, 0.25) is 0 Å². The van der Waals surface area contributed by atoms with E-state index in [9.17, 15) is 0 Å². The minimum atomic E-state index is 0.226. The molecule has 0 amide bonds. The zero-order chi connectivity index (χ0) is 13.6. The Labute approximate surface area is 113 Å². The van der Waals surface area contributed by atoms with E-state index in [4.69, 9.17) is 9.15 Å². The lowest BCUT2D eigenvalue weighted by atomic mass is 10.1. The van der Waals surface area contributed by atoms with E-state index in [1.165, 1.54) is 6.42 Å². The second-order valence-corrected chi connectivity index (χ2v) is 6.16. The summed E-state index contributed by atoms with van der Waals surface area (Å²) in [4.78, 5) is 0. The van der Waals surface area contributed by atoms with E-state index in [1.807, 2.05) is 12.1 Å². The van der Waals surface area contributed by atoms with Crippen molar-refractivity contribution < 1.29 is 9.15 Å². The molecule has 0 spiro atoms. The van der Waals surface area contributed by atoms with Crippen LogP contribution in [0.25, 0.3) is 11.0 Å². The molecule has 1 aliphatic rings. The van der Waals surface area contributed by atoms with Crippen LogP contribution in [0.5, 0.6) is 5.75 Å². The lowest BCUT2D eigenvalue weighted by Crippen LogP contribution is -2.23. The van der Waals surface area contributed by atoms with E-state index in [0.717, 1.165) is 22.5 Å². The molecule has 1 saturated carbocycles. The highest BCUT2D eigenvalue weighted by Gasteiger charge is 2.46. The van der Waals surface area contributed by atoms with Crippen molar-refractivity contribution in [2.75, 3.05) is 7.11 Å². The highest BCUT2D eigenvalue weighted by molar-refractivity contribution is 5.83. The summed E-state index contributed by atoms with van der Waals surface area (Å²) < 4.78 is 11.3. The molecule has 102 valence electrons. The maximum absolute atomic E-state index is 5.96. The third kappa shape index (κ3) is 2.23. The van der Waals surface area contributed by atoms with Crippen molar-refractivity contribution in [2.45, 2.75) is 39.3 Å². The first-order valence-electron chi connectivity index (χ1n) is 6.84.